The molecule has 4 aromatic rings. The Labute approximate surface area is 141 Å². The Morgan fingerprint density at radius 1 is 1.17 bits per heavy atom. The second-order valence-corrected chi connectivity index (χ2v) is 6.49. The fourth-order valence-electron chi connectivity index (χ4n) is 2.43. The number of rotatable bonds is 3. The molecule has 1 N–H and O–H groups in total. The Balaban J connectivity index is 1.54. The molecule has 6 nitrogen and oxygen atoms in total. The molecule has 0 saturated heterocycles. The van der Waals surface area contributed by atoms with Crippen LogP contribution in [0.2, 0.25) is 0 Å². The Bertz CT molecular complexity index is 1010. The SMILES string of the molecule is Cc1nc2ccc(NC(=O)c3ccc(-n4cncn4)cc3)cc2s1. The lowest BCUT2D eigenvalue weighted by atomic mass is 10.2. The number of nitrogens with one attached hydrogen (secondary N) is 1. The van der Waals surface area contributed by atoms with Gasteiger partial charge in [0.2, 0.25) is 0 Å². The zero-order valence-corrected chi connectivity index (χ0v) is 13.6. The summed E-state index contributed by atoms with van der Waals surface area (Å²) < 4.78 is 2.70. The van der Waals surface area contributed by atoms with Crippen LogP contribution in [0.5, 0.6) is 0 Å². The van der Waals surface area contributed by atoms with Crippen LogP contribution in [0.25, 0.3) is 15.9 Å². The van der Waals surface area contributed by atoms with Gasteiger partial charge in [0.15, 0.2) is 0 Å². The van der Waals surface area contributed by atoms with Crippen LogP contribution in [0.4, 0.5) is 5.69 Å². The summed E-state index contributed by atoms with van der Waals surface area (Å²) in [7, 11) is 0. The second-order valence-electron chi connectivity index (χ2n) is 5.26. The largest absolute Gasteiger partial charge is 0.322 e. The zero-order valence-electron chi connectivity index (χ0n) is 12.8. The van der Waals surface area contributed by atoms with Gasteiger partial charge >= 0.3 is 0 Å². The van der Waals surface area contributed by atoms with Gasteiger partial charge in [-0.05, 0) is 49.4 Å². The molecule has 24 heavy (non-hydrogen) atoms. The molecule has 7 heteroatoms. The molecule has 0 aliphatic carbocycles. The van der Waals surface area contributed by atoms with E-state index in [1.54, 1.807) is 34.5 Å². The number of thiazole rings is 1. The van der Waals surface area contributed by atoms with E-state index in [1.807, 2.05) is 37.3 Å². The minimum absolute atomic E-state index is 0.152. The third-order valence-electron chi connectivity index (χ3n) is 3.57. The van der Waals surface area contributed by atoms with Crippen molar-refractivity contribution in [2.45, 2.75) is 6.92 Å². The number of hydrogen-bond donors (Lipinski definition) is 1. The van der Waals surface area contributed by atoms with Crippen molar-refractivity contribution in [1.82, 2.24) is 19.7 Å². The van der Waals surface area contributed by atoms with Gasteiger partial charge in [0.25, 0.3) is 5.91 Å². The molecule has 2 aromatic heterocycles. The number of anilines is 1. The predicted octanol–water partition coefficient (Wildman–Crippen LogP) is 3.44. The van der Waals surface area contributed by atoms with Crippen molar-refractivity contribution in [1.29, 1.82) is 0 Å². The van der Waals surface area contributed by atoms with Gasteiger partial charge in [-0.2, -0.15) is 5.10 Å². The first kappa shape index (κ1) is 14.5. The summed E-state index contributed by atoms with van der Waals surface area (Å²) in [6, 6.07) is 12.9. The smallest absolute Gasteiger partial charge is 0.255 e. The molecule has 0 spiro atoms. The standard InChI is InChI=1S/C17H13N5OS/c1-11-20-15-7-4-13(8-16(15)24-11)21-17(23)12-2-5-14(6-3-12)22-10-18-9-19-22/h2-10H,1H3,(H,21,23). The van der Waals surface area contributed by atoms with Crippen molar-refractivity contribution in [2.75, 3.05) is 5.32 Å². The Morgan fingerprint density at radius 3 is 2.75 bits per heavy atom. The van der Waals surface area contributed by atoms with Gasteiger partial charge in [-0.3, -0.25) is 4.79 Å². The average molecular weight is 335 g/mol. The number of carbonyl (C=O) groups excluding carboxylic acids is 1. The van der Waals surface area contributed by atoms with Crippen LogP contribution in [0, 0.1) is 6.92 Å². The monoisotopic (exact) mass is 335 g/mol. The first-order valence-corrected chi connectivity index (χ1v) is 8.14. The maximum absolute atomic E-state index is 12.4. The summed E-state index contributed by atoms with van der Waals surface area (Å²) in [5.41, 5.74) is 3.15. The minimum atomic E-state index is -0.152. The summed E-state index contributed by atoms with van der Waals surface area (Å²) >= 11 is 1.61. The molecule has 0 saturated carbocycles. The van der Waals surface area contributed by atoms with Gasteiger partial charge in [0, 0.05) is 11.3 Å². The third-order valence-corrected chi connectivity index (χ3v) is 4.50. The summed E-state index contributed by atoms with van der Waals surface area (Å²) in [4.78, 5) is 20.7. The van der Waals surface area contributed by atoms with Gasteiger partial charge in [-0.15, -0.1) is 11.3 Å². The molecule has 0 aliphatic heterocycles. The van der Waals surface area contributed by atoms with Crippen LogP contribution in [-0.2, 0) is 0 Å². The average Bonchev–Trinajstić information content (AvgIpc) is 3.23. The summed E-state index contributed by atoms with van der Waals surface area (Å²) in [6.45, 7) is 1.97. The van der Waals surface area contributed by atoms with Crippen molar-refractivity contribution in [3.63, 3.8) is 0 Å². The maximum Gasteiger partial charge on any atom is 0.255 e. The van der Waals surface area contributed by atoms with E-state index in [0.29, 0.717) is 5.56 Å². The van der Waals surface area contributed by atoms with E-state index in [2.05, 4.69) is 20.4 Å². The highest BCUT2D eigenvalue weighted by atomic mass is 32.1. The van der Waals surface area contributed by atoms with Gasteiger partial charge in [0.1, 0.15) is 12.7 Å². The molecule has 0 radical (unpaired) electrons. The number of benzene rings is 2. The first-order valence-electron chi connectivity index (χ1n) is 7.33. The molecule has 4 rings (SSSR count). The van der Waals surface area contributed by atoms with Gasteiger partial charge in [0.05, 0.1) is 20.9 Å². The molecule has 0 atom stereocenters. The van der Waals surface area contributed by atoms with Crippen molar-refractivity contribution >= 4 is 33.1 Å². The quantitative estimate of drug-likeness (QED) is 0.622. The molecule has 0 bridgehead atoms. The minimum Gasteiger partial charge on any atom is -0.322 e. The van der Waals surface area contributed by atoms with Crippen LogP contribution in [-0.4, -0.2) is 25.7 Å². The lowest BCUT2D eigenvalue weighted by molar-refractivity contribution is 0.102. The zero-order chi connectivity index (χ0) is 16.5. The highest BCUT2D eigenvalue weighted by Gasteiger charge is 2.08. The fourth-order valence-corrected chi connectivity index (χ4v) is 3.29. The lowest BCUT2D eigenvalue weighted by Crippen LogP contribution is -2.11. The van der Waals surface area contributed by atoms with E-state index in [-0.39, 0.29) is 5.91 Å². The first-order chi connectivity index (χ1) is 11.7. The molecule has 2 aromatic carbocycles. The van der Waals surface area contributed by atoms with E-state index in [9.17, 15) is 4.79 Å². The highest BCUT2D eigenvalue weighted by molar-refractivity contribution is 7.18. The number of fused-ring (bicyclic) bond motifs is 1. The van der Waals surface area contributed by atoms with Crippen molar-refractivity contribution in [3.05, 3.63) is 65.7 Å². The molecule has 118 valence electrons. The second kappa shape index (κ2) is 5.86. The maximum atomic E-state index is 12.4. The molecule has 0 unspecified atom stereocenters. The van der Waals surface area contributed by atoms with Crippen LogP contribution < -0.4 is 5.32 Å². The highest BCUT2D eigenvalue weighted by Crippen LogP contribution is 2.25. The van der Waals surface area contributed by atoms with Crippen LogP contribution in [0.3, 0.4) is 0 Å². The Hall–Kier alpha value is -3.06. The van der Waals surface area contributed by atoms with E-state index >= 15 is 0 Å². The van der Waals surface area contributed by atoms with Crippen LogP contribution in [0.15, 0.2) is 55.1 Å². The van der Waals surface area contributed by atoms with E-state index in [4.69, 9.17) is 0 Å². The Kier molecular flexibility index (Phi) is 3.55. The molecule has 2 heterocycles. The number of amides is 1. The normalized spacial score (nSPS) is 10.9. The van der Waals surface area contributed by atoms with Crippen LogP contribution >= 0.6 is 11.3 Å². The molecular formula is C17H13N5OS. The lowest BCUT2D eigenvalue weighted by Gasteiger charge is -2.06. The van der Waals surface area contributed by atoms with Gasteiger partial charge in [-0.25, -0.2) is 14.6 Å². The molecule has 0 aliphatic rings. The topological polar surface area (TPSA) is 72.7 Å². The van der Waals surface area contributed by atoms with Crippen molar-refractivity contribution in [2.24, 2.45) is 0 Å². The third kappa shape index (κ3) is 2.77. The van der Waals surface area contributed by atoms with Gasteiger partial charge < -0.3 is 5.32 Å². The summed E-state index contributed by atoms with van der Waals surface area (Å²) in [5.74, 6) is -0.152. The van der Waals surface area contributed by atoms with E-state index in [1.165, 1.54) is 6.33 Å². The molecule has 0 fully saturated rings. The number of nitrogens with zero attached hydrogens (tertiary/aromatic N) is 4. The van der Waals surface area contributed by atoms with Crippen LogP contribution in [0.1, 0.15) is 15.4 Å². The number of hydrogen-bond acceptors (Lipinski definition) is 5. The predicted molar refractivity (Wildman–Crippen MR) is 93.7 cm³/mol. The summed E-state index contributed by atoms with van der Waals surface area (Å²) in [6.07, 6.45) is 3.08. The van der Waals surface area contributed by atoms with Crippen molar-refractivity contribution < 1.29 is 4.79 Å². The fraction of sp³-hybridized carbons (Fsp3) is 0.0588. The van der Waals surface area contributed by atoms with Gasteiger partial charge in [-0.1, -0.05) is 0 Å². The Morgan fingerprint density at radius 2 is 2.00 bits per heavy atom. The van der Waals surface area contributed by atoms with Crippen molar-refractivity contribution in [3.8, 4) is 5.69 Å². The van der Waals surface area contributed by atoms with E-state index < -0.39 is 0 Å². The number of carbonyl (C=O) groups is 1. The number of aryl methyl sites for hydroxylation is 1. The summed E-state index contributed by atoms with van der Waals surface area (Å²) in [5, 5.41) is 7.99. The molecule has 1 amide bonds. The molecular weight excluding hydrogens is 322 g/mol. The number of aromatic nitrogens is 4. The van der Waals surface area contributed by atoms with E-state index in [0.717, 1.165) is 26.6 Å².